The molecule has 0 aromatic heterocycles. The van der Waals surface area contributed by atoms with Gasteiger partial charge in [-0.1, -0.05) is 18.2 Å². The number of rotatable bonds is 6. The van der Waals surface area contributed by atoms with Crippen LogP contribution in [-0.4, -0.2) is 21.4 Å². The average Bonchev–Trinajstić information content (AvgIpc) is 2.71. The number of nitrogens with one attached hydrogen (secondary N) is 2. The Morgan fingerprint density at radius 2 is 1.69 bits per heavy atom. The van der Waals surface area contributed by atoms with E-state index in [0.717, 1.165) is 0 Å². The van der Waals surface area contributed by atoms with Crippen molar-refractivity contribution in [2.24, 2.45) is 0 Å². The molecule has 0 atom stereocenters. The zero-order valence-electron chi connectivity index (χ0n) is 15.8. The zero-order chi connectivity index (χ0) is 21.0. The van der Waals surface area contributed by atoms with Crippen LogP contribution < -0.4 is 14.8 Å². The number of sulfonamides is 1. The van der Waals surface area contributed by atoms with Gasteiger partial charge in [0, 0.05) is 11.3 Å². The molecular formula is C21H19FN2O4S. The molecule has 0 aliphatic carbocycles. The fraction of sp³-hybridized carbons (Fsp3) is 0.0952. The van der Waals surface area contributed by atoms with Crippen LogP contribution in [0.3, 0.4) is 0 Å². The van der Waals surface area contributed by atoms with Crippen LogP contribution in [0.1, 0.15) is 15.9 Å². The van der Waals surface area contributed by atoms with E-state index in [1.54, 1.807) is 43.3 Å². The van der Waals surface area contributed by atoms with E-state index in [0.29, 0.717) is 22.7 Å². The molecule has 0 heterocycles. The fourth-order valence-electron chi connectivity index (χ4n) is 2.59. The van der Waals surface area contributed by atoms with Crippen molar-refractivity contribution in [2.75, 3.05) is 17.1 Å². The minimum absolute atomic E-state index is 0.0127. The molecule has 29 heavy (non-hydrogen) atoms. The van der Waals surface area contributed by atoms with Gasteiger partial charge in [-0.05, 0) is 61.0 Å². The molecular weight excluding hydrogens is 395 g/mol. The Labute approximate surface area is 168 Å². The second kappa shape index (κ2) is 8.32. The number of carbonyl (C=O) groups is 1. The van der Waals surface area contributed by atoms with Crippen molar-refractivity contribution < 1.29 is 22.3 Å². The highest BCUT2D eigenvalue weighted by atomic mass is 32.2. The molecule has 3 aromatic carbocycles. The highest BCUT2D eigenvalue weighted by Crippen LogP contribution is 2.26. The maximum atomic E-state index is 13.6. The molecule has 3 rings (SSSR count). The third-order valence-corrected chi connectivity index (χ3v) is 5.59. The lowest BCUT2D eigenvalue weighted by Gasteiger charge is -2.12. The number of amides is 1. The molecule has 0 bridgehead atoms. The van der Waals surface area contributed by atoms with Crippen molar-refractivity contribution >= 4 is 27.3 Å². The number of halogens is 1. The van der Waals surface area contributed by atoms with Gasteiger partial charge in [-0.3, -0.25) is 9.52 Å². The number of carbonyl (C=O) groups excluding carboxylic acids is 1. The predicted molar refractivity (Wildman–Crippen MR) is 109 cm³/mol. The largest absolute Gasteiger partial charge is 0.495 e. The van der Waals surface area contributed by atoms with Gasteiger partial charge in [-0.25, -0.2) is 12.8 Å². The summed E-state index contributed by atoms with van der Waals surface area (Å²) in [5, 5.41) is 2.58. The molecule has 0 aliphatic rings. The van der Waals surface area contributed by atoms with Gasteiger partial charge in [-0.2, -0.15) is 0 Å². The highest BCUT2D eigenvalue weighted by Gasteiger charge is 2.17. The lowest BCUT2D eigenvalue weighted by atomic mass is 10.2. The van der Waals surface area contributed by atoms with Gasteiger partial charge in [0.2, 0.25) is 0 Å². The Hall–Kier alpha value is -3.39. The van der Waals surface area contributed by atoms with Crippen LogP contribution in [0.5, 0.6) is 5.75 Å². The third-order valence-electron chi connectivity index (χ3n) is 4.21. The van der Waals surface area contributed by atoms with E-state index >= 15 is 0 Å². The van der Waals surface area contributed by atoms with Gasteiger partial charge >= 0.3 is 0 Å². The maximum absolute atomic E-state index is 13.6. The molecule has 1 amide bonds. The van der Waals surface area contributed by atoms with Crippen LogP contribution in [0.4, 0.5) is 15.8 Å². The molecule has 0 fully saturated rings. The van der Waals surface area contributed by atoms with Crippen molar-refractivity contribution in [3.05, 3.63) is 83.7 Å². The Kier molecular flexibility index (Phi) is 5.84. The van der Waals surface area contributed by atoms with Gasteiger partial charge in [0.15, 0.2) is 0 Å². The summed E-state index contributed by atoms with van der Waals surface area (Å²) in [4.78, 5) is 12.3. The molecule has 0 aliphatic heterocycles. The fourth-order valence-corrected chi connectivity index (χ4v) is 3.66. The zero-order valence-corrected chi connectivity index (χ0v) is 16.6. The van der Waals surface area contributed by atoms with Gasteiger partial charge in [0.1, 0.15) is 11.6 Å². The average molecular weight is 414 g/mol. The number of ether oxygens (including phenoxy) is 1. The lowest BCUT2D eigenvalue weighted by Crippen LogP contribution is -2.15. The van der Waals surface area contributed by atoms with Crippen LogP contribution in [0.2, 0.25) is 0 Å². The summed E-state index contributed by atoms with van der Waals surface area (Å²) in [6.07, 6.45) is 0. The number of hydrogen-bond acceptors (Lipinski definition) is 4. The molecule has 6 nitrogen and oxygen atoms in total. The second-order valence-electron chi connectivity index (χ2n) is 6.25. The Morgan fingerprint density at radius 1 is 1.00 bits per heavy atom. The number of benzene rings is 3. The van der Waals surface area contributed by atoms with Gasteiger partial charge < -0.3 is 10.1 Å². The molecule has 0 unspecified atom stereocenters. The van der Waals surface area contributed by atoms with Crippen molar-refractivity contribution in [1.82, 2.24) is 0 Å². The van der Waals surface area contributed by atoms with Crippen LogP contribution in [-0.2, 0) is 10.0 Å². The molecule has 3 aromatic rings. The topological polar surface area (TPSA) is 84.5 Å². The number of anilines is 2. The molecule has 0 saturated heterocycles. The van der Waals surface area contributed by atoms with E-state index in [1.807, 2.05) is 0 Å². The van der Waals surface area contributed by atoms with E-state index in [4.69, 9.17) is 4.74 Å². The normalized spacial score (nSPS) is 11.0. The first-order valence-corrected chi connectivity index (χ1v) is 10.1. The van der Waals surface area contributed by atoms with Crippen LogP contribution in [0, 0.1) is 12.7 Å². The first kappa shape index (κ1) is 20.3. The number of aryl methyl sites for hydroxylation is 1. The Balaban J connectivity index is 1.76. The van der Waals surface area contributed by atoms with Crippen molar-refractivity contribution in [3.8, 4) is 5.75 Å². The van der Waals surface area contributed by atoms with E-state index in [2.05, 4.69) is 10.0 Å². The third kappa shape index (κ3) is 4.72. The summed E-state index contributed by atoms with van der Waals surface area (Å²) in [5.41, 5.74) is 1.33. The smallest absolute Gasteiger partial charge is 0.262 e. The molecule has 8 heteroatoms. The van der Waals surface area contributed by atoms with Crippen LogP contribution >= 0.6 is 0 Å². The Bertz CT molecular complexity index is 1150. The molecule has 150 valence electrons. The lowest BCUT2D eigenvalue weighted by molar-refractivity contribution is 0.102. The van der Waals surface area contributed by atoms with Crippen LogP contribution in [0.15, 0.2) is 71.6 Å². The minimum Gasteiger partial charge on any atom is -0.495 e. The number of hydrogen-bond donors (Lipinski definition) is 2. The summed E-state index contributed by atoms with van der Waals surface area (Å²) in [7, 11) is -2.42. The molecule has 0 radical (unpaired) electrons. The quantitative estimate of drug-likeness (QED) is 0.633. The second-order valence-corrected chi connectivity index (χ2v) is 7.93. The predicted octanol–water partition coefficient (Wildman–Crippen LogP) is 4.20. The van der Waals surface area contributed by atoms with Crippen LogP contribution in [0.25, 0.3) is 0 Å². The molecule has 2 N–H and O–H groups in total. The maximum Gasteiger partial charge on any atom is 0.262 e. The summed E-state index contributed by atoms with van der Waals surface area (Å²) in [5.74, 6) is -0.515. The van der Waals surface area contributed by atoms with Gasteiger partial charge in [0.25, 0.3) is 15.9 Å². The van der Waals surface area contributed by atoms with Crippen molar-refractivity contribution in [1.29, 1.82) is 0 Å². The highest BCUT2D eigenvalue weighted by molar-refractivity contribution is 7.92. The summed E-state index contributed by atoms with van der Waals surface area (Å²) in [6, 6.07) is 16.4. The standard InChI is InChI=1S/C21H19FN2O4S/c1-14-7-10-16(13-18(14)22)23-21(25)15-8-11-17(12-9-15)29(26,27)24-19-5-3-4-6-20(19)28-2/h3-13,24H,1-2H3,(H,23,25). The van der Waals surface area contributed by atoms with Crippen molar-refractivity contribution in [2.45, 2.75) is 11.8 Å². The van der Waals surface area contributed by atoms with E-state index < -0.39 is 21.7 Å². The Morgan fingerprint density at radius 3 is 2.34 bits per heavy atom. The van der Waals surface area contributed by atoms with Gasteiger partial charge in [0.05, 0.1) is 17.7 Å². The SMILES string of the molecule is COc1ccccc1NS(=O)(=O)c1ccc(C(=O)Nc2ccc(C)c(F)c2)cc1. The van der Waals surface area contributed by atoms with Gasteiger partial charge in [-0.15, -0.1) is 0 Å². The monoisotopic (exact) mass is 414 g/mol. The summed E-state index contributed by atoms with van der Waals surface area (Å²) >= 11 is 0. The number of methoxy groups -OCH3 is 1. The van der Waals surface area contributed by atoms with E-state index in [9.17, 15) is 17.6 Å². The first-order valence-electron chi connectivity index (χ1n) is 8.63. The summed E-state index contributed by atoms with van der Waals surface area (Å²) < 4.78 is 46.4. The molecule has 0 spiro atoms. The number of para-hydroxylation sites is 2. The first-order chi connectivity index (χ1) is 13.8. The minimum atomic E-state index is -3.87. The van der Waals surface area contributed by atoms with Crippen molar-refractivity contribution in [3.63, 3.8) is 0 Å². The summed E-state index contributed by atoms with van der Waals surface area (Å²) in [6.45, 7) is 1.62. The van der Waals surface area contributed by atoms with E-state index in [-0.39, 0.29) is 10.5 Å². The van der Waals surface area contributed by atoms with E-state index in [1.165, 1.54) is 37.4 Å². The molecule has 0 saturated carbocycles.